The molecule has 0 saturated carbocycles. The molecule has 1 aromatic carbocycles. The lowest BCUT2D eigenvalue weighted by Gasteiger charge is -2.15. The molecule has 0 fully saturated rings. The Balaban J connectivity index is 2.50. The van der Waals surface area contributed by atoms with Gasteiger partial charge < -0.3 is 5.32 Å². The number of benzene rings is 1. The summed E-state index contributed by atoms with van der Waals surface area (Å²) in [5, 5.41) is 3.64. The van der Waals surface area contributed by atoms with Crippen molar-refractivity contribution in [2.75, 3.05) is 6.54 Å². The first kappa shape index (κ1) is 16.0. The van der Waals surface area contributed by atoms with Crippen LogP contribution in [0.2, 0.25) is 0 Å². The van der Waals surface area contributed by atoms with Crippen LogP contribution in [0, 0.1) is 6.92 Å². The van der Waals surface area contributed by atoms with Crippen LogP contribution in [0.15, 0.2) is 30.3 Å². The highest BCUT2D eigenvalue weighted by molar-refractivity contribution is 5.63. The smallest absolute Gasteiger partial charge is 0.00991 e. The maximum atomic E-state index is 3.64. The highest BCUT2D eigenvalue weighted by Crippen LogP contribution is 2.16. The second kappa shape index (κ2) is 8.92. The fourth-order valence-electron chi connectivity index (χ4n) is 2.13. The monoisotopic (exact) mass is 259 g/mol. The van der Waals surface area contributed by atoms with E-state index in [4.69, 9.17) is 0 Å². The second-order valence-corrected chi connectivity index (χ2v) is 5.40. The topological polar surface area (TPSA) is 12.0 Å². The van der Waals surface area contributed by atoms with Gasteiger partial charge in [0.2, 0.25) is 0 Å². The molecule has 0 amide bonds. The van der Waals surface area contributed by atoms with E-state index in [-0.39, 0.29) is 0 Å². The van der Waals surface area contributed by atoms with E-state index in [1.165, 1.54) is 36.0 Å². The van der Waals surface area contributed by atoms with Crippen molar-refractivity contribution in [3.05, 3.63) is 41.5 Å². The lowest BCUT2D eigenvalue weighted by Crippen LogP contribution is -2.28. The quantitative estimate of drug-likeness (QED) is 0.651. The fourth-order valence-corrected chi connectivity index (χ4v) is 2.13. The maximum absolute atomic E-state index is 3.64. The molecule has 106 valence electrons. The first-order chi connectivity index (χ1) is 9.17. The Morgan fingerprint density at radius 3 is 2.47 bits per heavy atom. The van der Waals surface area contributed by atoms with E-state index in [2.05, 4.69) is 63.4 Å². The van der Waals surface area contributed by atoms with Gasteiger partial charge in [-0.2, -0.15) is 0 Å². The Hall–Kier alpha value is -1.08. The number of nitrogens with one attached hydrogen (secondary N) is 1. The number of unbranched alkanes of at least 4 members (excludes halogenated alkanes) is 1. The SMILES string of the molecule is CCCCNC(CC)C/C=C(\C)c1ccc(C)cc1. The lowest BCUT2D eigenvalue weighted by atomic mass is 10.0. The van der Waals surface area contributed by atoms with E-state index in [0.29, 0.717) is 6.04 Å². The molecular weight excluding hydrogens is 230 g/mol. The van der Waals surface area contributed by atoms with Gasteiger partial charge in [-0.15, -0.1) is 0 Å². The molecule has 1 atom stereocenters. The molecule has 0 saturated heterocycles. The highest BCUT2D eigenvalue weighted by Gasteiger charge is 2.03. The van der Waals surface area contributed by atoms with Crippen LogP contribution in [0.4, 0.5) is 0 Å². The largest absolute Gasteiger partial charge is 0.314 e. The summed E-state index contributed by atoms with van der Waals surface area (Å²) in [6.07, 6.45) is 7.23. The van der Waals surface area contributed by atoms with Crippen LogP contribution in [0.3, 0.4) is 0 Å². The van der Waals surface area contributed by atoms with Gasteiger partial charge in [-0.3, -0.25) is 0 Å². The third kappa shape index (κ3) is 6.07. The second-order valence-electron chi connectivity index (χ2n) is 5.40. The van der Waals surface area contributed by atoms with Gasteiger partial charge in [0.25, 0.3) is 0 Å². The molecule has 1 unspecified atom stereocenters. The summed E-state index contributed by atoms with van der Waals surface area (Å²) < 4.78 is 0. The Bertz CT molecular complexity index is 375. The van der Waals surface area contributed by atoms with Crippen molar-refractivity contribution in [1.29, 1.82) is 0 Å². The van der Waals surface area contributed by atoms with Gasteiger partial charge in [0.05, 0.1) is 0 Å². The minimum Gasteiger partial charge on any atom is -0.314 e. The van der Waals surface area contributed by atoms with Crippen molar-refractivity contribution in [3.8, 4) is 0 Å². The molecule has 0 radical (unpaired) electrons. The summed E-state index contributed by atoms with van der Waals surface area (Å²) in [7, 11) is 0. The number of hydrogen-bond donors (Lipinski definition) is 1. The van der Waals surface area contributed by atoms with E-state index in [1.807, 2.05) is 0 Å². The zero-order valence-corrected chi connectivity index (χ0v) is 13.0. The summed E-state index contributed by atoms with van der Waals surface area (Å²) in [5.41, 5.74) is 4.05. The normalized spacial score (nSPS) is 13.6. The van der Waals surface area contributed by atoms with Crippen LogP contribution in [-0.4, -0.2) is 12.6 Å². The molecule has 0 aromatic heterocycles. The number of hydrogen-bond acceptors (Lipinski definition) is 1. The minimum absolute atomic E-state index is 0.618. The molecule has 19 heavy (non-hydrogen) atoms. The molecule has 0 heterocycles. The van der Waals surface area contributed by atoms with Gasteiger partial charge in [-0.25, -0.2) is 0 Å². The van der Waals surface area contributed by atoms with Crippen LogP contribution in [0.25, 0.3) is 5.57 Å². The molecule has 0 bridgehead atoms. The van der Waals surface area contributed by atoms with E-state index in [1.54, 1.807) is 0 Å². The van der Waals surface area contributed by atoms with Gasteiger partial charge in [0, 0.05) is 6.04 Å². The third-order valence-corrected chi connectivity index (χ3v) is 3.67. The third-order valence-electron chi connectivity index (χ3n) is 3.67. The predicted octanol–water partition coefficient (Wildman–Crippen LogP) is 4.96. The summed E-state index contributed by atoms with van der Waals surface area (Å²) in [4.78, 5) is 0. The van der Waals surface area contributed by atoms with E-state index >= 15 is 0 Å². The lowest BCUT2D eigenvalue weighted by molar-refractivity contribution is 0.493. The summed E-state index contributed by atoms with van der Waals surface area (Å²) in [5.74, 6) is 0. The zero-order valence-electron chi connectivity index (χ0n) is 13.0. The Morgan fingerprint density at radius 1 is 1.21 bits per heavy atom. The Labute approximate surface area is 119 Å². The Kier molecular flexibility index (Phi) is 7.50. The van der Waals surface area contributed by atoms with Gasteiger partial charge in [0.15, 0.2) is 0 Å². The standard InChI is InChI=1S/C18H29N/c1-5-7-14-19-18(6-2)13-10-16(4)17-11-8-15(3)9-12-17/h8-12,18-19H,5-7,13-14H2,1-4H3/b16-10+. The predicted molar refractivity (Wildman–Crippen MR) is 86.4 cm³/mol. The minimum atomic E-state index is 0.618. The van der Waals surface area contributed by atoms with Crippen LogP contribution < -0.4 is 5.32 Å². The van der Waals surface area contributed by atoms with E-state index < -0.39 is 0 Å². The van der Waals surface area contributed by atoms with Crippen molar-refractivity contribution in [3.63, 3.8) is 0 Å². The number of rotatable bonds is 8. The van der Waals surface area contributed by atoms with Crippen molar-refractivity contribution in [2.45, 2.75) is 59.4 Å². The summed E-state index contributed by atoms with van der Waals surface area (Å²) >= 11 is 0. The van der Waals surface area contributed by atoms with E-state index in [0.717, 1.165) is 13.0 Å². The fraction of sp³-hybridized carbons (Fsp3) is 0.556. The van der Waals surface area contributed by atoms with Gasteiger partial charge in [-0.05, 0) is 50.8 Å². The van der Waals surface area contributed by atoms with Gasteiger partial charge in [-0.1, -0.05) is 56.2 Å². The summed E-state index contributed by atoms with van der Waals surface area (Å²) in [6, 6.07) is 9.42. The molecular formula is C18H29N. The molecule has 0 aliphatic carbocycles. The first-order valence-electron chi connectivity index (χ1n) is 7.64. The zero-order chi connectivity index (χ0) is 14.1. The summed E-state index contributed by atoms with van der Waals surface area (Å²) in [6.45, 7) is 9.99. The van der Waals surface area contributed by atoms with Gasteiger partial charge in [0.1, 0.15) is 0 Å². The molecule has 0 aliphatic heterocycles. The Morgan fingerprint density at radius 2 is 1.89 bits per heavy atom. The van der Waals surface area contributed by atoms with Crippen molar-refractivity contribution in [2.24, 2.45) is 0 Å². The number of allylic oxidation sites excluding steroid dienone is 1. The molecule has 1 nitrogen and oxygen atoms in total. The van der Waals surface area contributed by atoms with Crippen molar-refractivity contribution >= 4 is 5.57 Å². The number of aryl methyl sites for hydroxylation is 1. The molecule has 1 N–H and O–H groups in total. The van der Waals surface area contributed by atoms with Crippen LogP contribution in [0.1, 0.15) is 57.6 Å². The maximum Gasteiger partial charge on any atom is 0.00991 e. The average Bonchev–Trinajstić information content (AvgIpc) is 2.43. The first-order valence-corrected chi connectivity index (χ1v) is 7.64. The molecule has 0 aliphatic rings. The van der Waals surface area contributed by atoms with E-state index in [9.17, 15) is 0 Å². The van der Waals surface area contributed by atoms with Crippen molar-refractivity contribution in [1.82, 2.24) is 5.32 Å². The van der Waals surface area contributed by atoms with Crippen molar-refractivity contribution < 1.29 is 0 Å². The van der Waals surface area contributed by atoms with Crippen LogP contribution in [-0.2, 0) is 0 Å². The highest BCUT2D eigenvalue weighted by atomic mass is 14.9. The van der Waals surface area contributed by atoms with Crippen LogP contribution >= 0.6 is 0 Å². The average molecular weight is 259 g/mol. The molecule has 1 heteroatoms. The molecule has 1 rings (SSSR count). The van der Waals surface area contributed by atoms with Gasteiger partial charge >= 0.3 is 0 Å². The van der Waals surface area contributed by atoms with Crippen LogP contribution in [0.5, 0.6) is 0 Å². The molecule has 0 spiro atoms. The molecule has 1 aromatic rings.